The summed E-state index contributed by atoms with van der Waals surface area (Å²) in [5, 5.41) is 0. The van der Waals surface area contributed by atoms with E-state index >= 15 is 0 Å². The highest BCUT2D eigenvalue weighted by Gasteiger charge is 2.24. The Balaban J connectivity index is 2.35. The van der Waals surface area contributed by atoms with Crippen molar-refractivity contribution in [2.45, 2.75) is 71.0 Å². The first-order valence-corrected chi connectivity index (χ1v) is 6.48. The van der Waals surface area contributed by atoms with Gasteiger partial charge in [-0.1, -0.05) is 6.92 Å². The summed E-state index contributed by atoms with van der Waals surface area (Å²) in [5.74, 6) is 0.943. The van der Waals surface area contributed by atoms with E-state index in [0.29, 0.717) is 12.1 Å². The first-order valence-electron chi connectivity index (χ1n) is 6.48. The van der Waals surface area contributed by atoms with Gasteiger partial charge in [-0.15, -0.1) is 0 Å². The van der Waals surface area contributed by atoms with Crippen molar-refractivity contribution in [3.8, 4) is 0 Å². The van der Waals surface area contributed by atoms with Crippen molar-refractivity contribution in [2.75, 3.05) is 7.05 Å². The van der Waals surface area contributed by atoms with Gasteiger partial charge in [0.1, 0.15) is 0 Å². The van der Waals surface area contributed by atoms with Gasteiger partial charge >= 0.3 is 0 Å². The second-order valence-electron chi connectivity index (χ2n) is 5.64. The van der Waals surface area contributed by atoms with Crippen LogP contribution in [0.5, 0.6) is 0 Å². The number of nitrogens with zero attached hydrogens (tertiary/aromatic N) is 1. The molecule has 0 bridgehead atoms. The van der Waals surface area contributed by atoms with Gasteiger partial charge in [0.15, 0.2) is 0 Å². The van der Waals surface area contributed by atoms with E-state index in [-0.39, 0.29) is 0 Å². The predicted molar refractivity (Wildman–Crippen MR) is 66.9 cm³/mol. The molecule has 2 unspecified atom stereocenters. The van der Waals surface area contributed by atoms with Crippen molar-refractivity contribution >= 4 is 0 Å². The zero-order valence-corrected chi connectivity index (χ0v) is 10.9. The second-order valence-corrected chi connectivity index (χ2v) is 5.64. The molecule has 1 aliphatic carbocycles. The molecule has 1 aliphatic rings. The Morgan fingerprint density at radius 3 is 2.20 bits per heavy atom. The van der Waals surface area contributed by atoms with Crippen LogP contribution in [-0.4, -0.2) is 30.1 Å². The third kappa shape index (κ3) is 4.12. The van der Waals surface area contributed by atoms with Crippen LogP contribution in [0.1, 0.15) is 52.9 Å². The molecule has 1 saturated carbocycles. The van der Waals surface area contributed by atoms with Crippen molar-refractivity contribution in [1.82, 2.24) is 4.90 Å². The molecule has 0 heterocycles. The second kappa shape index (κ2) is 5.86. The normalized spacial score (nSPS) is 31.6. The summed E-state index contributed by atoms with van der Waals surface area (Å²) >= 11 is 0. The molecule has 0 aromatic rings. The summed E-state index contributed by atoms with van der Waals surface area (Å²) < 4.78 is 0. The van der Waals surface area contributed by atoms with Gasteiger partial charge < -0.3 is 10.6 Å². The maximum absolute atomic E-state index is 5.86. The monoisotopic (exact) mass is 212 g/mol. The zero-order valence-electron chi connectivity index (χ0n) is 10.9. The molecule has 2 atom stereocenters. The Morgan fingerprint density at radius 1 is 1.20 bits per heavy atom. The summed E-state index contributed by atoms with van der Waals surface area (Å²) in [4.78, 5) is 2.55. The Bertz CT molecular complexity index is 171. The average molecular weight is 212 g/mol. The lowest BCUT2D eigenvalue weighted by atomic mass is 9.86. The first-order chi connectivity index (χ1) is 7.00. The molecule has 2 nitrogen and oxygen atoms in total. The van der Waals surface area contributed by atoms with Crippen LogP contribution in [0.4, 0.5) is 0 Å². The topological polar surface area (TPSA) is 29.3 Å². The highest BCUT2D eigenvalue weighted by Crippen LogP contribution is 2.27. The lowest BCUT2D eigenvalue weighted by Gasteiger charge is -2.37. The summed E-state index contributed by atoms with van der Waals surface area (Å²) in [6.07, 6.45) is 6.67. The van der Waals surface area contributed by atoms with E-state index in [0.717, 1.165) is 18.4 Å². The van der Waals surface area contributed by atoms with Crippen molar-refractivity contribution in [1.29, 1.82) is 0 Å². The minimum atomic E-state index is 0.324. The molecule has 15 heavy (non-hydrogen) atoms. The number of rotatable bonds is 4. The zero-order chi connectivity index (χ0) is 11.4. The fourth-order valence-corrected chi connectivity index (χ4v) is 2.71. The smallest absolute Gasteiger partial charge is 0.00952 e. The molecule has 0 radical (unpaired) electrons. The molecule has 0 aliphatic heterocycles. The van der Waals surface area contributed by atoms with E-state index in [9.17, 15) is 0 Å². The van der Waals surface area contributed by atoms with Crippen LogP contribution >= 0.6 is 0 Å². The van der Waals surface area contributed by atoms with Crippen LogP contribution in [0.25, 0.3) is 0 Å². The van der Waals surface area contributed by atoms with Crippen molar-refractivity contribution in [3.05, 3.63) is 0 Å². The van der Waals surface area contributed by atoms with Crippen LogP contribution in [0.2, 0.25) is 0 Å². The molecular formula is C13H28N2. The van der Waals surface area contributed by atoms with Crippen LogP contribution in [-0.2, 0) is 0 Å². The molecule has 90 valence electrons. The molecule has 1 rings (SSSR count). The fourth-order valence-electron chi connectivity index (χ4n) is 2.71. The van der Waals surface area contributed by atoms with Crippen molar-refractivity contribution in [3.63, 3.8) is 0 Å². The molecule has 0 aromatic heterocycles. The number of nitrogens with two attached hydrogens (primary N) is 1. The SMILES string of the molecule is CC(N)CC(C)N(C)C1CCC(C)CC1. The van der Waals surface area contributed by atoms with Crippen molar-refractivity contribution < 1.29 is 0 Å². The highest BCUT2D eigenvalue weighted by atomic mass is 15.2. The average Bonchev–Trinajstić information content (AvgIpc) is 2.17. The molecule has 2 N–H and O–H groups in total. The highest BCUT2D eigenvalue weighted by molar-refractivity contribution is 4.80. The van der Waals surface area contributed by atoms with E-state index in [2.05, 4.69) is 32.7 Å². The molecule has 0 spiro atoms. The van der Waals surface area contributed by atoms with Crippen LogP contribution < -0.4 is 5.73 Å². The maximum Gasteiger partial charge on any atom is 0.00952 e. The van der Waals surface area contributed by atoms with Gasteiger partial charge in [-0.25, -0.2) is 0 Å². The summed E-state index contributed by atoms with van der Waals surface area (Å²) in [6.45, 7) is 6.79. The van der Waals surface area contributed by atoms with Crippen LogP contribution in [0.15, 0.2) is 0 Å². The third-order valence-corrected chi connectivity index (χ3v) is 3.97. The van der Waals surface area contributed by atoms with E-state index < -0.39 is 0 Å². The minimum absolute atomic E-state index is 0.324. The minimum Gasteiger partial charge on any atom is -0.328 e. The standard InChI is InChI=1S/C13H28N2/c1-10-5-7-13(8-6-10)15(4)12(3)9-11(2)14/h10-13H,5-9,14H2,1-4H3. The van der Waals surface area contributed by atoms with Gasteiger partial charge in [-0.05, 0) is 58.9 Å². The first kappa shape index (κ1) is 13.0. The summed E-state index contributed by atoms with van der Waals surface area (Å²) in [5.41, 5.74) is 5.86. The number of hydrogen-bond acceptors (Lipinski definition) is 2. The molecule has 0 aromatic carbocycles. The largest absolute Gasteiger partial charge is 0.328 e. The molecule has 0 saturated heterocycles. The van der Waals surface area contributed by atoms with Gasteiger partial charge in [0.2, 0.25) is 0 Å². The van der Waals surface area contributed by atoms with Crippen LogP contribution in [0, 0.1) is 5.92 Å². The Kier molecular flexibility index (Phi) is 5.07. The summed E-state index contributed by atoms with van der Waals surface area (Å²) in [6, 6.07) is 1.75. The van der Waals surface area contributed by atoms with E-state index in [4.69, 9.17) is 5.73 Å². The van der Waals surface area contributed by atoms with Crippen molar-refractivity contribution in [2.24, 2.45) is 11.7 Å². The lowest BCUT2D eigenvalue weighted by Crippen LogP contribution is -2.42. The van der Waals surface area contributed by atoms with E-state index in [1.165, 1.54) is 25.7 Å². The van der Waals surface area contributed by atoms with Gasteiger partial charge in [-0.2, -0.15) is 0 Å². The Labute approximate surface area is 95.2 Å². The Hall–Kier alpha value is -0.0800. The molecule has 1 fully saturated rings. The summed E-state index contributed by atoms with van der Waals surface area (Å²) in [7, 11) is 2.27. The van der Waals surface area contributed by atoms with Gasteiger partial charge in [0, 0.05) is 18.1 Å². The predicted octanol–water partition coefficient (Wildman–Crippen LogP) is 2.62. The Morgan fingerprint density at radius 2 is 1.73 bits per heavy atom. The van der Waals surface area contributed by atoms with Crippen LogP contribution in [0.3, 0.4) is 0 Å². The lowest BCUT2D eigenvalue weighted by molar-refractivity contribution is 0.123. The van der Waals surface area contributed by atoms with E-state index in [1.54, 1.807) is 0 Å². The quantitative estimate of drug-likeness (QED) is 0.776. The van der Waals surface area contributed by atoms with E-state index in [1.807, 2.05) is 0 Å². The fraction of sp³-hybridized carbons (Fsp3) is 1.00. The van der Waals surface area contributed by atoms with Gasteiger partial charge in [0.25, 0.3) is 0 Å². The van der Waals surface area contributed by atoms with Gasteiger partial charge in [0.05, 0.1) is 0 Å². The molecule has 2 heteroatoms. The third-order valence-electron chi connectivity index (χ3n) is 3.97. The van der Waals surface area contributed by atoms with Gasteiger partial charge in [-0.3, -0.25) is 0 Å². The number of hydrogen-bond donors (Lipinski definition) is 1. The maximum atomic E-state index is 5.86. The molecule has 0 amide bonds. The molecular weight excluding hydrogens is 184 g/mol.